The molecule has 0 spiro atoms. The number of nitrogens with zero attached hydrogens (tertiary/aromatic N) is 1. The first-order valence-electron chi connectivity index (χ1n) is 9.04. The number of carbonyl (C=O) groups is 1. The summed E-state index contributed by atoms with van der Waals surface area (Å²) in [6.07, 6.45) is 2.71. The Kier molecular flexibility index (Phi) is 5.04. The minimum atomic E-state index is 0.111. The molecule has 25 heavy (non-hydrogen) atoms. The van der Waals surface area contributed by atoms with Crippen molar-refractivity contribution >= 4 is 22.9 Å². The number of nitrogens with one attached hydrogen (secondary N) is 1. The van der Waals surface area contributed by atoms with E-state index < -0.39 is 0 Å². The number of anilines is 1. The van der Waals surface area contributed by atoms with Crippen LogP contribution >= 0.6 is 11.3 Å². The van der Waals surface area contributed by atoms with E-state index in [2.05, 4.69) is 27.7 Å². The van der Waals surface area contributed by atoms with Crippen LogP contribution in [-0.4, -0.2) is 30.5 Å². The summed E-state index contributed by atoms with van der Waals surface area (Å²) in [6.45, 7) is 3.86. The number of piperidine rings is 1. The van der Waals surface area contributed by atoms with Crippen LogP contribution in [0.25, 0.3) is 0 Å². The van der Waals surface area contributed by atoms with Gasteiger partial charge in [0.25, 0.3) is 0 Å². The molecule has 1 aromatic carbocycles. The highest BCUT2D eigenvalue weighted by molar-refractivity contribution is 7.09. The third-order valence-corrected chi connectivity index (χ3v) is 6.15. The number of rotatable bonds is 2. The number of amides is 1. The Balaban J connectivity index is 1.45. The zero-order valence-electron chi connectivity index (χ0n) is 14.3. The van der Waals surface area contributed by atoms with E-state index in [0.717, 1.165) is 43.9 Å². The molecule has 2 aromatic rings. The Labute approximate surface area is 152 Å². The molecular formula is C20H24N2O2S. The first-order valence-corrected chi connectivity index (χ1v) is 9.92. The molecule has 1 fully saturated rings. The number of likely N-dealkylation sites (tertiary alicyclic amines) is 1. The van der Waals surface area contributed by atoms with Gasteiger partial charge in [-0.25, -0.2) is 0 Å². The molecule has 0 saturated carbocycles. The molecule has 0 aliphatic carbocycles. The third kappa shape index (κ3) is 4.05. The fourth-order valence-corrected chi connectivity index (χ4v) is 4.72. The van der Waals surface area contributed by atoms with Crippen molar-refractivity contribution in [2.24, 2.45) is 11.8 Å². The molecule has 2 aliphatic rings. The number of hydrogen-bond acceptors (Lipinski definition) is 4. The van der Waals surface area contributed by atoms with E-state index in [9.17, 15) is 4.79 Å². The summed E-state index contributed by atoms with van der Waals surface area (Å²) in [5.74, 6) is 1.86. The van der Waals surface area contributed by atoms with E-state index in [1.54, 1.807) is 0 Å². The molecule has 3 heterocycles. The van der Waals surface area contributed by atoms with Crippen LogP contribution in [0, 0.1) is 11.8 Å². The van der Waals surface area contributed by atoms with Crippen molar-refractivity contribution in [3.8, 4) is 5.75 Å². The molecular weight excluding hydrogens is 332 g/mol. The van der Waals surface area contributed by atoms with Gasteiger partial charge in [-0.3, -0.25) is 9.69 Å². The van der Waals surface area contributed by atoms with Crippen LogP contribution in [0.3, 0.4) is 0 Å². The van der Waals surface area contributed by atoms with Crippen molar-refractivity contribution in [1.29, 1.82) is 0 Å². The van der Waals surface area contributed by atoms with Gasteiger partial charge in [-0.15, -0.1) is 11.3 Å². The summed E-state index contributed by atoms with van der Waals surface area (Å²) >= 11 is 1.82. The fourth-order valence-electron chi connectivity index (χ4n) is 3.97. The van der Waals surface area contributed by atoms with Crippen LogP contribution in [0.4, 0.5) is 5.69 Å². The number of benzene rings is 1. The van der Waals surface area contributed by atoms with Crippen LogP contribution < -0.4 is 10.1 Å². The lowest BCUT2D eigenvalue weighted by Crippen LogP contribution is -2.42. The zero-order valence-corrected chi connectivity index (χ0v) is 15.1. The topological polar surface area (TPSA) is 41.6 Å². The van der Waals surface area contributed by atoms with E-state index >= 15 is 0 Å². The van der Waals surface area contributed by atoms with Gasteiger partial charge in [0.15, 0.2) is 0 Å². The normalized spacial score (nSPS) is 24.6. The number of hydrogen-bond donors (Lipinski definition) is 1. The summed E-state index contributed by atoms with van der Waals surface area (Å²) in [5.41, 5.74) is 0.793. The van der Waals surface area contributed by atoms with E-state index in [0.29, 0.717) is 24.9 Å². The molecule has 2 aliphatic heterocycles. The minimum absolute atomic E-state index is 0.111. The lowest BCUT2D eigenvalue weighted by molar-refractivity contribution is -0.118. The molecule has 1 aromatic heterocycles. The van der Waals surface area contributed by atoms with Crippen LogP contribution in [0.15, 0.2) is 41.8 Å². The fraction of sp³-hybridized carbons (Fsp3) is 0.450. The molecule has 2 atom stereocenters. The highest BCUT2D eigenvalue weighted by Gasteiger charge is 2.31. The molecule has 0 bridgehead atoms. The summed E-state index contributed by atoms with van der Waals surface area (Å²) < 4.78 is 5.97. The Morgan fingerprint density at radius 1 is 1.16 bits per heavy atom. The first-order chi connectivity index (χ1) is 12.3. The standard InChI is InChI=1S/C20H24N2O2S/c23-20-12-15-7-9-22(14-17-4-3-11-25-17)13-16(15)8-10-24-19-6-2-1-5-18(19)21-20/h1-6,11,15-16H,7-10,12-14H2,(H,21,23)/t15-,16-/m0/s1. The zero-order chi connectivity index (χ0) is 17.1. The van der Waals surface area contributed by atoms with Gasteiger partial charge in [-0.2, -0.15) is 0 Å². The van der Waals surface area contributed by atoms with Crippen LogP contribution in [0.1, 0.15) is 24.1 Å². The predicted octanol–water partition coefficient (Wildman–Crippen LogP) is 4.00. The second kappa shape index (κ2) is 7.58. The Bertz CT molecular complexity index is 716. The molecule has 132 valence electrons. The number of thiophene rings is 1. The molecule has 1 N–H and O–H groups in total. The molecule has 1 amide bonds. The molecule has 0 unspecified atom stereocenters. The maximum Gasteiger partial charge on any atom is 0.224 e. The molecule has 1 saturated heterocycles. The van der Waals surface area contributed by atoms with E-state index in [-0.39, 0.29) is 5.91 Å². The molecule has 4 nitrogen and oxygen atoms in total. The van der Waals surface area contributed by atoms with Crippen LogP contribution in [0.5, 0.6) is 5.75 Å². The van der Waals surface area contributed by atoms with E-state index in [1.165, 1.54) is 4.88 Å². The van der Waals surface area contributed by atoms with Crippen molar-refractivity contribution in [1.82, 2.24) is 4.90 Å². The lowest BCUT2D eigenvalue weighted by atomic mass is 9.81. The van der Waals surface area contributed by atoms with Crippen molar-refractivity contribution in [2.75, 3.05) is 25.0 Å². The summed E-state index contributed by atoms with van der Waals surface area (Å²) in [5, 5.41) is 5.17. The number of para-hydroxylation sites is 2. The SMILES string of the molecule is O=C1C[C@@H]2CCN(Cc3cccs3)C[C@@H]2CCOc2ccccc2N1. The summed E-state index contributed by atoms with van der Waals surface area (Å²) in [4.78, 5) is 16.4. The predicted molar refractivity (Wildman–Crippen MR) is 101 cm³/mol. The average Bonchev–Trinajstić information content (AvgIpc) is 3.11. The van der Waals surface area contributed by atoms with Gasteiger partial charge < -0.3 is 10.1 Å². The Morgan fingerprint density at radius 2 is 2.08 bits per heavy atom. The number of fused-ring (bicyclic) bond motifs is 2. The van der Waals surface area contributed by atoms with Crippen LogP contribution in [0.2, 0.25) is 0 Å². The Hall–Kier alpha value is -1.85. The van der Waals surface area contributed by atoms with Crippen molar-refractivity contribution in [3.05, 3.63) is 46.7 Å². The van der Waals surface area contributed by atoms with Crippen molar-refractivity contribution in [2.45, 2.75) is 25.8 Å². The van der Waals surface area contributed by atoms with Crippen LogP contribution in [-0.2, 0) is 11.3 Å². The maximum atomic E-state index is 12.5. The van der Waals surface area contributed by atoms with Gasteiger partial charge in [-0.05, 0) is 54.8 Å². The lowest BCUT2D eigenvalue weighted by Gasteiger charge is -2.38. The highest BCUT2D eigenvalue weighted by Crippen LogP contribution is 2.33. The third-order valence-electron chi connectivity index (χ3n) is 5.29. The van der Waals surface area contributed by atoms with Gasteiger partial charge in [0.2, 0.25) is 5.91 Å². The van der Waals surface area contributed by atoms with Gasteiger partial charge in [0.05, 0.1) is 12.3 Å². The van der Waals surface area contributed by atoms with Gasteiger partial charge in [0, 0.05) is 24.4 Å². The van der Waals surface area contributed by atoms with Crippen molar-refractivity contribution in [3.63, 3.8) is 0 Å². The highest BCUT2D eigenvalue weighted by atomic mass is 32.1. The second-order valence-electron chi connectivity index (χ2n) is 7.01. The van der Waals surface area contributed by atoms with Gasteiger partial charge in [0.1, 0.15) is 5.75 Å². The smallest absolute Gasteiger partial charge is 0.224 e. The summed E-state index contributed by atoms with van der Waals surface area (Å²) in [7, 11) is 0. The van der Waals surface area contributed by atoms with E-state index in [4.69, 9.17) is 4.74 Å². The number of ether oxygens (including phenoxy) is 1. The van der Waals surface area contributed by atoms with Crippen molar-refractivity contribution < 1.29 is 9.53 Å². The average molecular weight is 356 g/mol. The quantitative estimate of drug-likeness (QED) is 0.884. The van der Waals surface area contributed by atoms with Gasteiger partial charge in [-0.1, -0.05) is 18.2 Å². The summed E-state index contributed by atoms with van der Waals surface area (Å²) in [6, 6.07) is 12.0. The monoisotopic (exact) mass is 356 g/mol. The van der Waals surface area contributed by atoms with Gasteiger partial charge >= 0.3 is 0 Å². The molecule has 0 radical (unpaired) electrons. The Morgan fingerprint density at radius 3 is 2.96 bits per heavy atom. The first kappa shape index (κ1) is 16.6. The molecule has 5 heteroatoms. The maximum absolute atomic E-state index is 12.5. The molecule has 4 rings (SSSR count). The largest absolute Gasteiger partial charge is 0.491 e. The second-order valence-corrected chi connectivity index (χ2v) is 8.04. The van der Waals surface area contributed by atoms with E-state index in [1.807, 2.05) is 35.6 Å². The number of carbonyl (C=O) groups excluding carboxylic acids is 1. The minimum Gasteiger partial charge on any atom is -0.491 e.